The van der Waals surface area contributed by atoms with Crippen molar-refractivity contribution in [1.82, 2.24) is 10.4 Å². The Morgan fingerprint density at radius 2 is 1.81 bits per heavy atom. The van der Waals surface area contributed by atoms with Gasteiger partial charge in [-0.15, -0.1) is 0 Å². The zero-order valence-corrected chi connectivity index (χ0v) is 14.7. The lowest BCUT2D eigenvalue weighted by molar-refractivity contribution is 0.0912. The van der Waals surface area contributed by atoms with Gasteiger partial charge in [-0.2, -0.15) is 5.10 Å². The SMILES string of the molecule is CCOc1cnc(C(=O)NN=Cc2c3ccccc3cc3ccccc23)o1. The van der Waals surface area contributed by atoms with Crippen LogP contribution in [0.15, 0.2) is 70.3 Å². The molecule has 4 aromatic rings. The van der Waals surface area contributed by atoms with Gasteiger partial charge in [0.1, 0.15) is 6.20 Å². The van der Waals surface area contributed by atoms with Gasteiger partial charge >= 0.3 is 11.9 Å². The number of hydrazone groups is 1. The number of carbonyl (C=O) groups is 1. The lowest BCUT2D eigenvalue weighted by atomic mass is 9.97. The first-order valence-electron chi connectivity index (χ1n) is 8.59. The number of ether oxygens (including phenoxy) is 1. The topological polar surface area (TPSA) is 76.7 Å². The number of carbonyl (C=O) groups excluding carboxylic acids is 1. The molecule has 3 aromatic carbocycles. The van der Waals surface area contributed by atoms with Crippen LogP contribution in [0.4, 0.5) is 0 Å². The summed E-state index contributed by atoms with van der Waals surface area (Å²) >= 11 is 0. The van der Waals surface area contributed by atoms with Gasteiger partial charge in [0.25, 0.3) is 5.89 Å². The highest BCUT2D eigenvalue weighted by Gasteiger charge is 2.13. The van der Waals surface area contributed by atoms with Crippen molar-refractivity contribution in [2.45, 2.75) is 6.92 Å². The molecule has 0 bridgehead atoms. The summed E-state index contributed by atoms with van der Waals surface area (Å²) in [6.45, 7) is 2.25. The number of benzene rings is 3. The second-order valence-electron chi connectivity index (χ2n) is 5.85. The Balaban J connectivity index is 1.64. The monoisotopic (exact) mass is 359 g/mol. The van der Waals surface area contributed by atoms with Crippen LogP contribution < -0.4 is 10.2 Å². The number of rotatable bonds is 5. The Bertz CT molecular complexity index is 1090. The number of nitrogens with zero attached hydrogens (tertiary/aromatic N) is 2. The largest absolute Gasteiger partial charge is 0.464 e. The van der Waals surface area contributed by atoms with Gasteiger partial charge < -0.3 is 9.15 Å². The zero-order chi connectivity index (χ0) is 18.6. The molecule has 0 atom stereocenters. The summed E-state index contributed by atoms with van der Waals surface area (Å²) in [7, 11) is 0. The van der Waals surface area contributed by atoms with E-state index in [1.54, 1.807) is 6.21 Å². The number of oxazole rings is 1. The minimum atomic E-state index is -0.540. The smallest absolute Gasteiger partial charge is 0.327 e. The highest BCUT2D eigenvalue weighted by molar-refractivity contribution is 6.13. The molecule has 1 heterocycles. The maximum absolute atomic E-state index is 12.1. The fourth-order valence-corrected chi connectivity index (χ4v) is 2.96. The van der Waals surface area contributed by atoms with Gasteiger partial charge in [-0.1, -0.05) is 48.5 Å². The zero-order valence-electron chi connectivity index (χ0n) is 14.7. The van der Waals surface area contributed by atoms with E-state index in [2.05, 4.69) is 33.7 Å². The predicted octanol–water partition coefficient (Wildman–Crippen LogP) is 4.14. The van der Waals surface area contributed by atoms with E-state index in [0.29, 0.717) is 6.61 Å². The number of amides is 1. The van der Waals surface area contributed by atoms with Crippen LogP contribution in [-0.2, 0) is 0 Å². The molecule has 0 aliphatic rings. The van der Waals surface area contributed by atoms with Crippen LogP contribution in [0.3, 0.4) is 0 Å². The molecule has 6 heteroatoms. The lowest BCUT2D eigenvalue weighted by Gasteiger charge is -2.07. The van der Waals surface area contributed by atoms with Gasteiger partial charge in [-0.3, -0.25) is 4.79 Å². The Hall–Kier alpha value is -3.67. The first kappa shape index (κ1) is 16.8. The van der Waals surface area contributed by atoms with Crippen molar-refractivity contribution in [3.8, 4) is 5.95 Å². The molecule has 1 amide bonds. The molecule has 0 aliphatic heterocycles. The molecule has 134 valence electrons. The van der Waals surface area contributed by atoms with Gasteiger partial charge in [0.05, 0.1) is 12.8 Å². The van der Waals surface area contributed by atoms with Crippen molar-refractivity contribution >= 4 is 33.7 Å². The molecule has 0 radical (unpaired) electrons. The Labute approximate surface area is 155 Å². The molecule has 0 saturated heterocycles. The van der Waals surface area contributed by atoms with Crippen molar-refractivity contribution in [3.05, 3.63) is 72.2 Å². The summed E-state index contributed by atoms with van der Waals surface area (Å²) in [5, 5.41) is 8.45. The molecule has 0 spiro atoms. The Kier molecular flexibility index (Phi) is 4.53. The third kappa shape index (κ3) is 3.37. The van der Waals surface area contributed by atoms with E-state index in [-0.39, 0.29) is 11.8 Å². The predicted molar refractivity (Wildman–Crippen MR) is 104 cm³/mol. The molecule has 0 fully saturated rings. The van der Waals surface area contributed by atoms with Crippen molar-refractivity contribution in [2.24, 2.45) is 5.10 Å². The van der Waals surface area contributed by atoms with Crippen LogP contribution in [0, 0.1) is 0 Å². The van der Waals surface area contributed by atoms with Crippen LogP contribution >= 0.6 is 0 Å². The minimum Gasteiger partial charge on any atom is -0.464 e. The van der Waals surface area contributed by atoms with Crippen LogP contribution in [0.1, 0.15) is 23.2 Å². The summed E-state index contributed by atoms with van der Waals surface area (Å²) < 4.78 is 10.4. The maximum Gasteiger partial charge on any atom is 0.327 e. The highest BCUT2D eigenvalue weighted by atomic mass is 16.6. The van der Waals surface area contributed by atoms with Crippen LogP contribution in [0.5, 0.6) is 5.95 Å². The third-order valence-electron chi connectivity index (χ3n) is 4.14. The number of hydrogen-bond acceptors (Lipinski definition) is 5. The average molecular weight is 359 g/mol. The molecule has 4 rings (SSSR count). The first-order chi connectivity index (χ1) is 13.3. The van der Waals surface area contributed by atoms with Crippen molar-refractivity contribution in [1.29, 1.82) is 0 Å². The summed E-state index contributed by atoms with van der Waals surface area (Å²) in [4.78, 5) is 16.0. The minimum absolute atomic E-state index is 0.0987. The fourth-order valence-electron chi connectivity index (χ4n) is 2.96. The summed E-state index contributed by atoms with van der Waals surface area (Å²) in [5.74, 6) is -0.438. The van der Waals surface area contributed by atoms with Crippen molar-refractivity contribution in [3.63, 3.8) is 0 Å². The second kappa shape index (κ2) is 7.29. The standard InChI is InChI=1S/C21H17N3O3/c1-2-26-19-13-22-21(27-19)20(25)24-23-12-18-16-9-5-3-7-14(16)11-15-8-4-6-10-17(15)18/h3-13H,2H2,1H3,(H,24,25). The van der Waals surface area contributed by atoms with E-state index in [1.165, 1.54) is 6.20 Å². The molecule has 27 heavy (non-hydrogen) atoms. The number of nitrogens with one attached hydrogen (secondary N) is 1. The number of hydrogen-bond donors (Lipinski definition) is 1. The van der Waals surface area contributed by atoms with Crippen molar-refractivity contribution < 1.29 is 13.9 Å². The lowest BCUT2D eigenvalue weighted by Crippen LogP contribution is -2.17. The van der Waals surface area contributed by atoms with Crippen LogP contribution in [0.2, 0.25) is 0 Å². The second-order valence-corrected chi connectivity index (χ2v) is 5.85. The Morgan fingerprint density at radius 1 is 1.15 bits per heavy atom. The van der Waals surface area contributed by atoms with Crippen LogP contribution in [-0.4, -0.2) is 23.7 Å². The molecule has 0 saturated carbocycles. The highest BCUT2D eigenvalue weighted by Crippen LogP contribution is 2.27. The molecule has 6 nitrogen and oxygen atoms in total. The molecule has 1 N–H and O–H groups in total. The maximum atomic E-state index is 12.1. The summed E-state index contributed by atoms with van der Waals surface area (Å²) in [6.07, 6.45) is 3.01. The van der Waals surface area contributed by atoms with Gasteiger partial charge in [-0.25, -0.2) is 10.4 Å². The third-order valence-corrected chi connectivity index (χ3v) is 4.14. The molecule has 1 aromatic heterocycles. The summed E-state index contributed by atoms with van der Waals surface area (Å²) in [5.41, 5.74) is 3.39. The quantitative estimate of drug-likeness (QED) is 0.330. The van der Waals surface area contributed by atoms with Gasteiger partial charge in [0.2, 0.25) is 0 Å². The van der Waals surface area contributed by atoms with Crippen molar-refractivity contribution in [2.75, 3.05) is 6.61 Å². The number of fused-ring (bicyclic) bond motifs is 2. The molecule has 0 aliphatic carbocycles. The van der Waals surface area contributed by atoms with E-state index in [9.17, 15) is 4.79 Å². The fraction of sp³-hybridized carbons (Fsp3) is 0.0952. The number of aromatic nitrogens is 1. The van der Waals surface area contributed by atoms with E-state index >= 15 is 0 Å². The van der Waals surface area contributed by atoms with Gasteiger partial charge in [-0.05, 0) is 34.5 Å². The normalized spacial score (nSPS) is 11.3. The summed E-state index contributed by atoms with van der Waals surface area (Å²) in [6, 6.07) is 18.3. The van der Waals surface area contributed by atoms with E-state index in [4.69, 9.17) is 9.15 Å². The van der Waals surface area contributed by atoms with E-state index < -0.39 is 5.91 Å². The first-order valence-corrected chi connectivity index (χ1v) is 8.59. The van der Waals surface area contributed by atoms with E-state index in [0.717, 1.165) is 27.1 Å². The van der Waals surface area contributed by atoms with Gasteiger partial charge in [0, 0.05) is 5.56 Å². The molecular weight excluding hydrogens is 342 g/mol. The molecular formula is C21H17N3O3. The molecule has 0 unspecified atom stereocenters. The average Bonchev–Trinajstić information content (AvgIpc) is 3.16. The van der Waals surface area contributed by atoms with Crippen LogP contribution in [0.25, 0.3) is 21.5 Å². The Morgan fingerprint density at radius 3 is 2.48 bits per heavy atom. The van der Waals surface area contributed by atoms with Gasteiger partial charge in [0.15, 0.2) is 0 Å². The van der Waals surface area contributed by atoms with E-state index in [1.807, 2.05) is 43.3 Å².